The molecule has 0 radical (unpaired) electrons. The third-order valence-electron chi connectivity index (χ3n) is 3.77. The number of piperidine rings is 1. The van der Waals surface area contributed by atoms with E-state index in [1.165, 1.54) is 5.56 Å². The van der Waals surface area contributed by atoms with Crippen molar-refractivity contribution in [2.75, 3.05) is 13.1 Å². The Labute approximate surface area is 112 Å². The highest BCUT2D eigenvalue weighted by molar-refractivity contribution is 6.30. The van der Waals surface area contributed by atoms with E-state index < -0.39 is 11.4 Å². The van der Waals surface area contributed by atoms with Crippen molar-refractivity contribution in [2.24, 2.45) is 5.41 Å². The molecule has 1 aliphatic heterocycles. The lowest BCUT2D eigenvalue weighted by molar-refractivity contribution is -0.150. The van der Waals surface area contributed by atoms with Gasteiger partial charge in [0, 0.05) is 11.6 Å². The second-order valence-electron chi connectivity index (χ2n) is 5.27. The molecule has 0 amide bonds. The van der Waals surface area contributed by atoms with E-state index >= 15 is 0 Å². The summed E-state index contributed by atoms with van der Waals surface area (Å²) >= 11 is 5.95. The molecule has 18 heavy (non-hydrogen) atoms. The normalized spacial score (nSPS) is 19.7. The van der Waals surface area contributed by atoms with Gasteiger partial charge in [-0.3, -0.25) is 9.69 Å². The van der Waals surface area contributed by atoms with E-state index in [9.17, 15) is 9.90 Å². The van der Waals surface area contributed by atoms with Crippen molar-refractivity contribution in [3.8, 4) is 0 Å². The fourth-order valence-electron chi connectivity index (χ4n) is 2.31. The summed E-state index contributed by atoms with van der Waals surface area (Å²) in [7, 11) is 0. The number of hydrogen-bond donors (Lipinski definition) is 1. The molecule has 1 aliphatic rings. The number of hydrogen-bond acceptors (Lipinski definition) is 2. The van der Waals surface area contributed by atoms with E-state index in [4.69, 9.17) is 11.6 Å². The second-order valence-corrected chi connectivity index (χ2v) is 5.71. The fourth-order valence-corrected chi connectivity index (χ4v) is 2.52. The average molecular weight is 268 g/mol. The minimum absolute atomic E-state index is 0.551. The zero-order valence-electron chi connectivity index (χ0n) is 10.5. The molecule has 98 valence electrons. The highest BCUT2D eigenvalue weighted by Gasteiger charge is 2.36. The molecule has 2 rings (SSSR count). The van der Waals surface area contributed by atoms with Gasteiger partial charge in [0.05, 0.1) is 5.41 Å². The lowest BCUT2D eigenvalue weighted by atomic mass is 9.80. The lowest BCUT2D eigenvalue weighted by Gasteiger charge is -2.36. The summed E-state index contributed by atoms with van der Waals surface area (Å²) in [5.41, 5.74) is 0.631. The molecule has 0 aliphatic carbocycles. The van der Waals surface area contributed by atoms with E-state index in [1.807, 2.05) is 25.1 Å². The molecule has 0 saturated carbocycles. The molecule has 1 fully saturated rings. The van der Waals surface area contributed by atoms with Crippen LogP contribution in [-0.4, -0.2) is 29.1 Å². The van der Waals surface area contributed by atoms with Crippen molar-refractivity contribution in [3.63, 3.8) is 0 Å². The van der Waals surface area contributed by atoms with Crippen molar-refractivity contribution >= 4 is 17.6 Å². The first-order valence-corrected chi connectivity index (χ1v) is 6.58. The molecule has 4 heteroatoms. The van der Waals surface area contributed by atoms with Gasteiger partial charge in [0.25, 0.3) is 0 Å². The molecular weight excluding hydrogens is 250 g/mol. The third kappa shape index (κ3) is 3.03. The van der Waals surface area contributed by atoms with Crippen LogP contribution in [-0.2, 0) is 11.3 Å². The molecule has 1 saturated heterocycles. The summed E-state index contributed by atoms with van der Waals surface area (Å²) in [6, 6.07) is 7.83. The molecule has 0 atom stereocenters. The van der Waals surface area contributed by atoms with Crippen LogP contribution in [0.5, 0.6) is 0 Å². The molecule has 0 bridgehead atoms. The SMILES string of the molecule is CC1(C(=O)O)CCN(Cc2cccc(Cl)c2)CC1. The summed E-state index contributed by atoms with van der Waals surface area (Å²) in [5.74, 6) is -0.676. The summed E-state index contributed by atoms with van der Waals surface area (Å²) in [5, 5.41) is 9.92. The molecule has 1 aromatic carbocycles. The summed E-state index contributed by atoms with van der Waals surface area (Å²) in [6.45, 7) is 4.34. The molecular formula is C14H18ClNO2. The Bertz CT molecular complexity index is 439. The van der Waals surface area contributed by atoms with Crippen LogP contribution in [0.4, 0.5) is 0 Å². The van der Waals surface area contributed by atoms with Gasteiger partial charge in [-0.1, -0.05) is 23.7 Å². The Kier molecular flexibility index (Phi) is 3.93. The molecule has 1 heterocycles. The van der Waals surface area contributed by atoms with Gasteiger partial charge >= 0.3 is 5.97 Å². The largest absolute Gasteiger partial charge is 0.481 e. The molecule has 1 aromatic rings. The maximum Gasteiger partial charge on any atom is 0.309 e. The first-order chi connectivity index (χ1) is 8.49. The highest BCUT2D eigenvalue weighted by Crippen LogP contribution is 2.31. The van der Waals surface area contributed by atoms with Crippen LogP contribution >= 0.6 is 11.6 Å². The van der Waals surface area contributed by atoms with Gasteiger partial charge in [0.2, 0.25) is 0 Å². The van der Waals surface area contributed by atoms with Crippen LogP contribution in [0.1, 0.15) is 25.3 Å². The van der Waals surface area contributed by atoms with Crippen LogP contribution in [0.15, 0.2) is 24.3 Å². The number of carboxylic acids is 1. The highest BCUT2D eigenvalue weighted by atomic mass is 35.5. The quantitative estimate of drug-likeness (QED) is 0.915. The van der Waals surface area contributed by atoms with Gasteiger partial charge in [-0.15, -0.1) is 0 Å². The van der Waals surface area contributed by atoms with Crippen molar-refractivity contribution in [2.45, 2.75) is 26.3 Å². The lowest BCUT2D eigenvalue weighted by Crippen LogP contribution is -2.42. The standard InChI is InChI=1S/C14H18ClNO2/c1-14(13(17)18)5-7-16(8-6-14)10-11-3-2-4-12(15)9-11/h2-4,9H,5-8,10H2,1H3,(H,17,18). The Morgan fingerprint density at radius 1 is 1.44 bits per heavy atom. The molecule has 0 unspecified atom stereocenters. The number of nitrogens with zero attached hydrogens (tertiary/aromatic N) is 1. The number of aliphatic carboxylic acids is 1. The van der Waals surface area contributed by atoms with Gasteiger partial charge in [-0.05, 0) is 50.6 Å². The summed E-state index contributed by atoms with van der Waals surface area (Å²) < 4.78 is 0. The summed E-state index contributed by atoms with van der Waals surface area (Å²) in [4.78, 5) is 13.4. The van der Waals surface area contributed by atoms with Gasteiger partial charge < -0.3 is 5.11 Å². The Hall–Kier alpha value is -1.06. The smallest absolute Gasteiger partial charge is 0.309 e. The van der Waals surface area contributed by atoms with Gasteiger partial charge in [-0.2, -0.15) is 0 Å². The Balaban J connectivity index is 1.93. The number of carboxylic acid groups (broad SMARTS) is 1. The van der Waals surface area contributed by atoms with Crippen LogP contribution in [0.3, 0.4) is 0 Å². The van der Waals surface area contributed by atoms with Crippen molar-refractivity contribution in [3.05, 3.63) is 34.9 Å². The van der Waals surface area contributed by atoms with Crippen LogP contribution in [0.25, 0.3) is 0 Å². The molecule has 0 aromatic heterocycles. The summed E-state index contributed by atoms with van der Waals surface area (Å²) in [6.07, 6.45) is 1.42. The van der Waals surface area contributed by atoms with Crippen LogP contribution < -0.4 is 0 Å². The van der Waals surface area contributed by atoms with Gasteiger partial charge in [0.1, 0.15) is 0 Å². The Morgan fingerprint density at radius 2 is 2.11 bits per heavy atom. The van der Waals surface area contributed by atoms with Crippen molar-refractivity contribution in [1.82, 2.24) is 4.90 Å². The number of halogens is 1. The number of benzene rings is 1. The maximum atomic E-state index is 11.1. The monoisotopic (exact) mass is 267 g/mol. The fraction of sp³-hybridized carbons (Fsp3) is 0.500. The zero-order chi connectivity index (χ0) is 13.2. The van der Waals surface area contributed by atoms with E-state index in [0.29, 0.717) is 12.8 Å². The van der Waals surface area contributed by atoms with E-state index in [-0.39, 0.29) is 0 Å². The Morgan fingerprint density at radius 3 is 2.67 bits per heavy atom. The maximum absolute atomic E-state index is 11.1. The van der Waals surface area contributed by atoms with E-state index in [2.05, 4.69) is 11.0 Å². The van der Waals surface area contributed by atoms with Gasteiger partial charge in [-0.25, -0.2) is 0 Å². The second kappa shape index (κ2) is 5.29. The molecule has 0 spiro atoms. The minimum Gasteiger partial charge on any atom is -0.481 e. The predicted molar refractivity (Wildman–Crippen MR) is 71.7 cm³/mol. The van der Waals surface area contributed by atoms with E-state index in [0.717, 1.165) is 24.7 Å². The van der Waals surface area contributed by atoms with Crippen molar-refractivity contribution < 1.29 is 9.90 Å². The van der Waals surface area contributed by atoms with Gasteiger partial charge in [0.15, 0.2) is 0 Å². The first kappa shape index (κ1) is 13.4. The van der Waals surface area contributed by atoms with Crippen LogP contribution in [0, 0.1) is 5.41 Å². The zero-order valence-corrected chi connectivity index (χ0v) is 11.3. The predicted octanol–water partition coefficient (Wildman–Crippen LogP) is 3.03. The molecule has 3 nitrogen and oxygen atoms in total. The molecule has 1 N–H and O–H groups in total. The minimum atomic E-state index is -0.676. The number of rotatable bonds is 3. The van der Waals surface area contributed by atoms with Crippen LogP contribution in [0.2, 0.25) is 5.02 Å². The van der Waals surface area contributed by atoms with Crippen molar-refractivity contribution in [1.29, 1.82) is 0 Å². The first-order valence-electron chi connectivity index (χ1n) is 6.20. The number of likely N-dealkylation sites (tertiary alicyclic amines) is 1. The average Bonchev–Trinajstić information content (AvgIpc) is 2.32. The number of carbonyl (C=O) groups is 1. The van der Waals surface area contributed by atoms with E-state index in [1.54, 1.807) is 0 Å². The third-order valence-corrected chi connectivity index (χ3v) is 4.01. The topological polar surface area (TPSA) is 40.5 Å².